The summed E-state index contributed by atoms with van der Waals surface area (Å²) in [5.41, 5.74) is 5.38. The van der Waals surface area contributed by atoms with E-state index in [9.17, 15) is 9.59 Å². The van der Waals surface area contributed by atoms with Gasteiger partial charge in [-0.3, -0.25) is 9.59 Å². The molecule has 0 radical (unpaired) electrons. The van der Waals surface area contributed by atoms with E-state index in [0.29, 0.717) is 47.5 Å². The summed E-state index contributed by atoms with van der Waals surface area (Å²) in [5, 5.41) is 0. The summed E-state index contributed by atoms with van der Waals surface area (Å²) in [4.78, 5) is 55.9. The van der Waals surface area contributed by atoms with Crippen LogP contribution in [-0.4, -0.2) is 76.7 Å². The summed E-state index contributed by atoms with van der Waals surface area (Å²) in [5.74, 6) is 0.869. The van der Waals surface area contributed by atoms with Crippen molar-refractivity contribution >= 4 is 33.9 Å². The molecule has 2 aromatic carbocycles. The molecule has 6 aromatic rings. The smallest absolute Gasteiger partial charge is 0.272 e. The number of para-hydroxylation sites is 4. The highest BCUT2D eigenvalue weighted by Crippen LogP contribution is 2.24. The number of pyridine rings is 2. The number of nitrogens with one attached hydrogen (secondary N) is 2. The highest BCUT2D eigenvalue weighted by Gasteiger charge is 2.36. The summed E-state index contributed by atoms with van der Waals surface area (Å²) in [6, 6.07) is 25.8. The molecular formula is C32H28N8O2. The number of piperazine rings is 1. The summed E-state index contributed by atoms with van der Waals surface area (Å²) < 4.78 is 0. The third-order valence-corrected chi connectivity index (χ3v) is 7.71. The molecule has 5 heterocycles. The van der Waals surface area contributed by atoms with Crippen LogP contribution in [0.5, 0.6) is 0 Å². The average Bonchev–Trinajstić information content (AvgIpc) is 3.66. The van der Waals surface area contributed by atoms with E-state index in [-0.39, 0.29) is 23.9 Å². The number of hydrogen-bond donors (Lipinski definition) is 2. The first kappa shape index (κ1) is 25.6. The van der Waals surface area contributed by atoms with Crippen LogP contribution in [0.3, 0.4) is 0 Å². The molecule has 0 bridgehead atoms. The maximum absolute atomic E-state index is 13.6. The number of benzene rings is 2. The predicted molar refractivity (Wildman–Crippen MR) is 160 cm³/mol. The quantitative estimate of drug-likeness (QED) is 0.317. The van der Waals surface area contributed by atoms with Gasteiger partial charge in [0.2, 0.25) is 0 Å². The molecule has 1 saturated heterocycles. The van der Waals surface area contributed by atoms with Crippen molar-refractivity contribution in [3.05, 3.63) is 96.3 Å². The highest BCUT2D eigenvalue weighted by molar-refractivity contribution is 5.95. The van der Waals surface area contributed by atoms with Gasteiger partial charge in [-0.25, -0.2) is 19.9 Å². The van der Waals surface area contributed by atoms with Crippen LogP contribution in [0.2, 0.25) is 0 Å². The Balaban J connectivity index is 1.09. The minimum absolute atomic E-state index is 0.176. The lowest BCUT2D eigenvalue weighted by Crippen LogP contribution is -2.59. The first-order chi connectivity index (χ1) is 20.4. The Labute approximate surface area is 241 Å². The van der Waals surface area contributed by atoms with Gasteiger partial charge in [0.25, 0.3) is 11.8 Å². The van der Waals surface area contributed by atoms with Gasteiger partial charge in [0.1, 0.15) is 22.8 Å². The van der Waals surface area contributed by atoms with E-state index in [1.165, 1.54) is 0 Å². The highest BCUT2D eigenvalue weighted by atomic mass is 16.2. The van der Waals surface area contributed by atoms with E-state index in [1.54, 1.807) is 21.9 Å². The molecule has 7 rings (SSSR count). The van der Waals surface area contributed by atoms with Gasteiger partial charge in [-0.1, -0.05) is 36.4 Å². The number of hydrogen-bond acceptors (Lipinski definition) is 6. The number of aromatic nitrogens is 6. The molecule has 10 heteroatoms. The fraction of sp³-hybridized carbons (Fsp3) is 0.188. The maximum atomic E-state index is 13.6. The van der Waals surface area contributed by atoms with Crippen LogP contribution in [0.4, 0.5) is 0 Å². The Hall–Kier alpha value is -5.38. The summed E-state index contributed by atoms with van der Waals surface area (Å²) in [6.45, 7) is 4.66. The Morgan fingerprint density at radius 2 is 1.02 bits per heavy atom. The minimum atomic E-state index is -0.215. The van der Waals surface area contributed by atoms with Crippen molar-refractivity contribution in [2.24, 2.45) is 0 Å². The van der Waals surface area contributed by atoms with E-state index >= 15 is 0 Å². The van der Waals surface area contributed by atoms with Crippen LogP contribution in [-0.2, 0) is 0 Å². The van der Waals surface area contributed by atoms with Crippen LogP contribution in [0.15, 0.2) is 84.9 Å². The first-order valence-corrected chi connectivity index (χ1v) is 13.9. The van der Waals surface area contributed by atoms with E-state index in [4.69, 9.17) is 0 Å². The van der Waals surface area contributed by atoms with E-state index in [2.05, 4.69) is 29.9 Å². The van der Waals surface area contributed by atoms with Crippen molar-refractivity contribution in [1.29, 1.82) is 0 Å². The molecule has 0 saturated carbocycles. The van der Waals surface area contributed by atoms with E-state index in [1.807, 2.05) is 86.6 Å². The summed E-state index contributed by atoms with van der Waals surface area (Å²) in [7, 11) is 0. The molecule has 2 N–H and O–H groups in total. The molecule has 1 aliphatic rings. The fourth-order valence-corrected chi connectivity index (χ4v) is 5.51. The number of nitrogens with zero attached hydrogens (tertiary/aromatic N) is 6. The number of fused-ring (bicyclic) bond motifs is 2. The SMILES string of the molecule is C[C@@H]1CN(C(=O)c2cccc(-c3nc4ccccc4[nH]3)n2)[C@H](C)CN1C(=O)c1cccc(-c2nc3ccccc3[nH]2)n1. The van der Waals surface area contributed by atoms with Crippen molar-refractivity contribution in [3.63, 3.8) is 0 Å². The molecular weight excluding hydrogens is 528 g/mol. The number of amides is 2. The third kappa shape index (κ3) is 4.56. The van der Waals surface area contributed by atoms with Crippen LogP contribution in [0, 0.1) is 0 Å². The third-order valence-electron chi connectivity index (χ3n) is 7.71. The van der Waals surface area contributed by atoms with Crippen LogP contribution >= 0.6 is 0 Å². The Bertz CT molecular complexity index is 1750. The fourth-order valence-electron chi connectivity index (χ4n) is 5.51. The lowest BCUT2D eigenvalue weighted by Gasteiger charge is -2.43. The molecule has 0 aliphatic carbocycles. The molecule has 1 aliphatic heterocycles. The summed E-state index contributed by atoms with van der Waals surface area (Å²) in [6.07, 6.45) is 0. The maximum Gasteiger partial charge on any atom is 0.272 e. The van der Waals surface area contributed by atoms with Gasteiger partial charge >= 0.3 is 0 Å². The molecule has 42 heavy (non-hydrogen) atoms. The molecule has 2 atom stereocenters. The van der Waals surface area contributed by atoms with Gasteiger partial charge in [-0.2, -0.15) is 0 Å². The summed E-state index contributed by atoms with van der Waals surface area (Å²) >= 11 is 0. The number of aromatic amines is 2. The number of imidazole rings is 2. The Morgan fingerprint density at radius 3 is 1.45 bits per heavy atom. The van der Waals surface area contributed by atoms with Gasteiger partial charge < -0.3 is 19.8 Å². The molecule has 0 spiro atoms. The number of rotatable bonds is 4. The zero-order chi connectivity index (χ0) is 28.8. The van der Waals surface area contributed by atoms with Gasteiger partial charge in [-0.15, -0.1) is 0 Å². The van der Waals surface area contributed by atoms with Gasteiger partial charge in [-0.05, 0) is 62.4 Å². The molecule has 2 amide bonds. The predicted octanol–water partition coefficient (Wildman–Crippen LogP) is 4.94. The van der Waals surface area contributed by atoms with Crippen molar-refractivity contribution in [2.45, 2.75) is 25.9 Å². The monoisotopic (exact) mass is 556 g/mol. The normalized spacial score (nSPS) is 17.2. The number of H-pyrrole nitrogens is 2. The van der Waals surface area contributed by atoms with Crippen molar-refractivity contribution in [3.8, 4) is 23.0 Å². The molecule has 4 aromatic heterocycles. The molecule has 0 unspecified atom stereocenters. The van der Waals surface area contributed by atoms with Crippen molar-refractivity contribution < 1.29 is 9.59 Å². The second kappa shape index (κ2) is 10.2. The van der Waals surface area contributed by atoms with Gasteiger partial charge in [0, 0.05) is 25.2 Å². The topological polar surface area (TPSA) is 124 Å². The lowest BCUT2D eigenvalue weighted by molar-refractivity contribution is 0.0264. The van der Waals surface area contributed by atoms with Crippen LogP contribution in [0.25, 0.3) is 45.1 Å². The van der Waals surface area contributed by atoms with E-state index in [0.717, 1.165) is 22.1 Å². The Kier molecular flexibility index (Phi) is 6.23. The van der Waals surface area contributed by atoms with Crippen molar-refractivity contribution in [2.75, 3.05) is 13.1 Å². The zero-order valence-corrected chi connectivity index (χ0v) is 23.2. The minimum Gasteiger partial charge on any atom is -0.337 e. The number of carbonyl (C=O) groups excluding carboxylic acids is 2. The second-order valence-electron chi connectivity index (χ2n) is 10.6. The van der Waals surface area contributed by atoms with E-state index < -0.39 is 0 Å². The van der Waals surface area contributed by atoms with Crippen LogP contribution < -0.4 is 0 Å². The second-order valence-corrected chi connectivity index (χ2v) is 10.6. The van der Waals surface area contributed by atoms with Crippen molar-refractivity contribution in [1.82, 2.24) is 39.7 Å². The zero-order valence-electron chi connectivity index (χ0n) is 23.2. The average molecular weight is 557 g/mol. The first-order valence-electron chi connectivity index (χ1n) is 13.9. The molecule has 10 nitrogen and oxygen atoms in total. The van der Waals surface area contributed by atoms with Crippen LogP contribution in [0.1, 0.15) is 34.8 Å². The largest absolute Gasteiger partial charge is 0.337 e. The lowest BCUT2D eigenvalue weighted by atomic mass is 10.1. The Morgan fingerprint density at radius 1 is 0.595 bits per heavy atom. The standard InChI is InChI=1S/C32H28N8O2/c1-19-17-40(32(42)28-16-8-14-26(34-28)30-37-23-11-5-6-12-24(23)38-30)20(2)18-39(19)31(41)27-15-7-13-25(33-27)29-35-21-9-3-4-10-22(21)36-29/h3-16,19-20H,17-18H2,1-2H3,(H,35,36)(H,37,38)/t19-,20-/m1/s1. The molecule has 1 fully saturated rings. The van der Waals surface area contributed by atoms with Gasteiger partial charge in [0.05, 0.1) is 22.1 Å². The molecule has 208 valence electrons. The van der Waals surface area contributed by atoms with Gasteiger partial charge in [0.15, 0.2) is 11.6 Å². The number of carbonyl (C=O) groups is 2.